The van der Waals surface area contributed by atoms with Gasteiger partial charge in [0.1, 0.15) is 14.1 Å². The molecule has 0 aliphatic carbocycles. The molecule has 164 valence electrons. The van der Waals surface area contributed by atoms with Gasteiger partial charge in [-0.3, -0.25) is 10.1 Å². The van der Waals surface area contributed by atoms with Crippen LogP contribution < -0.4 is 5.32 Å². The highest BCUT2D eigenvalue weighted by Crippen LogP contribution is 2.40. The molecule has 1 aromatic carbocycles. The van der Waals surface area contributed by atoms with Crippen molar-refractivity contribution >= 4 is 24.9 Å². The van der Waals surface area contributed by atoms with E-state index >= 15 is 0 Å². The maximum Gasteiger partial charge on any atom is 0.323 e. The zero-order valence-electron chi connectivity index (χ0n) is 19.8. The number of carbonyl (C=O) groups is 1. The summed E-state index contributed by atoms with van der Waals surface area (Å²) in [6, 6.07) is 7.61. The molecule has 0 spiro atoms. The summed E-state index contributed by atoms with van der Waals surface area (Å²) in [5.41, 5.74) is 7.68. The third-order valence-corrected chi connectivity index (χ3v) is 12.7. The molecular formula is C25H38N2O2Si. The molecule has 0 aliphatic rings. The Morgan fingerprint density at radius 1 is 1.07 bits per heavy atom. The van der Waals surface area contributed by atoms with Crippen LogP contribution in [0.5, 0.6) is 0 Å². The van der Waals surface area contributed by atoms with E-state index in [4.69, 9.17) is 4.74 Å². The van der Waals surface area contributed by atoms with Crippen LogP contribution in [0.2, 0.25) is 16.6 Å². The standard InChI is InChI=1S/C25H38N2O2Si/c1-17(2)30(18(3)4,19(5)6)14-13-20(7)27-24(25(28)29-8)15-21-16-26-23-12-10-9-11-22(21)23/h9-12,16-20,24,26-27H,15H2,1-8H3/t20-,24-/m1/s1. The molecule has 0 saturated carbocycles. The number of aromatic amines is 1. The summed E-state index contributed by atoms with van der Waals surface area (Å²) >= 11 is 0. The molecule has 2 atom stereocenters. The molecule has 2 aromatic rings. The summed E-state index contributed by atoms with van der Waals surface area (Å²) in [6.45, 7) is 15.9. The van der Waals surface area contributed by atoms with Gasteiger partial charge in [-0.05, 0) is 35.2 Å². The number of hydrogen-bond donors (Lipinski definition) is 2. The smallest absolute Gasteiger partial charge is 0.323 e. The van der Waals surface area contributed by atoms with E-state index in [1.807, 2.05) is 31.3 Å². The van der Waals surface area contributed by atoms with Gasteiger partial charge in [0, 0.05) is 23.5 Å². The largest absolute Gasteiger partial charge is 0.468 e. The Morgan fingerprint density at radius 3 is 2.23 bits per heavy atom. The van der Waals surface area contributed by atoms with Crippen molar-refractivity contribution in [2.24, 2.45) is 0 Å². The number of ether oxygens (including phenoxy) is 1. The van der Waals surface area contributed by atoms with Crippen molar-refractivity contribution in [1.82, 2.24) is 10.3 Å². The predicted molar refractivity (Wildman–Crippen MR) is 129 cm³/mol. The summed E-state index contributed by atoms with van der Waals surface area (Å²) in [4.78, 5) is 15.8. The second-order valence-electron chi connectivity index (χ2n) is 9.19. The van der Waals surface area contributed by atoms with Gasteiger partial charge in [-0.15, -0.1) is 5.54 Å². The SMILES string of the molecule is COC(=O)[C@@H](Cc1c[nH]c2ccccc12)N[C@H](C)C#C[Si](C(C)C)(C(C)C)C(C)C. The van der Waals surface area contributed by atoms with Gasteiger partial charge in [0.15, 0.2) is 0 Å². The first-order valence-electron chi connectivity index (χ1n) is 11.0. The number of nitrogens with one attached hydrogen (secondary N) is 2. The summed E-state index contributed by atoms with van der Waals surface area (Å²) in [5.74, 6) is 3.22. The number of carbonyl (C=O) groups excluding carboxylic acids is 1. The fourth-order valence-electron chi connectivity index (χ4n) is 4.88. The number of H-pyrrole nitrogens is 1. The van der Waals surface area contributed by atoms with E-state index in [2.05, 4.69) is 69.4 Å². The maximum atomic E-state index is 12.5. The molecule has 5 heteroatoms. The number of para-hydroxylation sites is 1. The normalized spacial score (nSPS) is 14.1. The van der Waals surface area contributed by atoms with E-state index in [1.165, 1.54) is 7.11 Å². The van der Waals surface area contributed by atoms with Crippen LogP contribution in [0.25, 0.3) is 10.9 Å². The van der Waals surface area contributed by atoms with Gasteiger partial charge in [-0.1, -0.05) is 65.7 Å². The Bertz CT molecular complexity index is 883. The van der Waals surface area contributed by atoms with Gasteiger partial charge in [-0.2, -0.15) is 0 Å². The first-order chi connectivity index (χ1) is 14.1. The van der Waals surface area contributed by atoms with Crippen LogP contribution in [0.4, 0.5) is 0 Å². The molecule has 30 heavy (non-hydrogen) atoms. The number of aromatic nitrogens is 1. The predicted octanol–water partition coefficient (Wildman–Crippen LogP) is 5.45. The van der Waals surface area contributed by atoms with Crippen molar-refractivity contribution in [2.75, 3.05) is 7.11 Å². The molecule has 0 fully saturated rings. The van der Waals surface area contributed by atoms with Gasteiger partial charge in [0.2, 0.25) is 0 Å². The molecule has 2 N–H and O–H groups in total. The minimum Gasteiger partial charge on any atom is -0.468 e. The zero-order valence-corrected chi connectivity index (χ0v) is 20.8. The van der Waals surface area contributed by atoms with Crippen LogP contribution >= 0.6 is 0 Å². The molecule has 0 radical (unpaired) electrons. The first-order valence-corrected chi connectivity index (χ1v) is 13.3. The average molecular weight is 427 g/mol. The lowest BCUT2D eigenvalue weighted by Crippen LogP contribution is -2.45. The van der Waals surface area contributed by atoms with Gasteiger partial charge in [0.05, 0.1) is 13.2 Å². The number of benzene rings is 1. The zero-order chi connectivity index (χ0) is 22.5. The topological polar surface area (TPSA) is 54.1 Å². The molecule has 4 nitrogen and oxygen atoms in total. The lowest BCUT2D eigenvalue weighted by Gasteiger charge is -2.38. The van der Waals surface area contributed by atoms with Crippen molar-refractivity contribution in [3.05, 3.63) is 36.0 Å². The Hall–Kier alpha value is -2.03. The third kappa shape index (κ3) is 5.17. The van der Waals surface area contributed by atoms with Crippen LogP contribution in [0.15, 0.2) is 30.5 Å². The number of rotatable bonds is 8. The third-order valence-electron chi connectivity index (χ3n) is 6.41. The summed E-state index contributed by atoms with van der Waals surface area (Å²) in [6.07, 6.45) is 2.54. The van der Waals surface area contributed by atoms with Crippen LogP contribution in [0, 0.1) is 11.5 Å². The molecule has 1 aromatic heterocycles. The summed E-state index contributed by atoms with van der Waals surface area (Å²) in [7, 11) is -0.357. The van der Waals surface area contributed by atoms with E-state index in [9.17, 15) is 4.79 Å². The van der Waals surface area contributed by atoms with Crippen LogP contribution in [0.1, 0.15) is 54.0 Å². The molecule has 0 amide bonds. The van der Waals surface area contributed by atoms with Crippen molar-refractivity contribution in [3.8, 4) is 11.5 Å². The Morgan fingerprint density at radius 2 is 1.67 bits per heavy atom. The maximum absolute atomic E-state index is 12.5. The minimum atomic E-state index is -1.80. The summed E-state index contributed by atoms with van der Waals surface area (Å²) in [5, 5.41) is 4.56. The number of hydrogen-bond acceptors (Lipinski definition) is 3. The van der Waals surface area contributed by atoms with E-state index in [0.29, 0.717) is 23.0 Å². The lowest BCUT2D eigenvalue weighted by atomic mass is 10.0. The van der Waals surface area contributed by atoms with E-state index in [1.54, 1.807) is 0 Å². The van der Waals surface area contributed by atoms with Crippen molar-refractivity contribution in [3.63, 3.8) is 0 Å². The number of esters is 1. The second-order valence-corrected chi connectivity index (χ2v) is 14.8. The van der Waals surface area contributed by atoms with Crippen LogP contribution in [-0.4, -0.2) is 38.2 Å². The fraction of sp³-hybridized carbons (Fsp3) is 0.560. The monoisotopic (exact) mass is 426 g/mol. The number of methoxy groups -OCH3 is 1. The average Bonchev–Trinajstić information content (AvgIpc) is 3.09. The molecule has 0 bridgehead atoms. The van der Waals surface area contributed by atoms with Crippen molar-refractivity contribution in [2.45, 2.75) is 83.6 Å². The first kappa shape index (κ1) is 24.2. The Labute approximate surface area is 183 Å². The Kier molecular flexibility index (Phi) is 8.34. The highest BCUT2D eigenvalue weighted by Gasteiger charge is 2.41. The van der Waals surface area contributed by atoms with E-state index in [0.717, 1.165) is 16.5 Å². The summed E-state index contributed by atoms with van der Waals surface area (Å²) < 4.78 is 5.08. The quantitative estimate of drug-likeness (QED) is 0.335. The van der Waals surface area contributed by atoms with Crippen molar-refractivity contribution in [1.29, 1.82) is 0 Å². The van der Waals surface area contributed by atoms with Gasteiger partial charge in [0.25, 0.3) is 0 Å². The molecular weight excluding hydrogens is 388 g/mol. The van der Waals surface area contributed by atoms with E-state index in [-0.39, 0.29) is 12.0 Å². The molecule has 2 rings (SSSR count). The molecule has 0 unspecified atom stereocenters. The van der Waals surface area contributed by atoms with E-state index < -0.39 is 14.1 Å². The van der Waals surface area contributed by atoms with Crippen molar-refractivity contribution < 1.29 is 9.53 Å². The van der Waals surface area contributed by atoms with Gasteiger partial charge in [-0.25, -0.2) is 0 Å². The number of fused-ring (bicyclic) bond motifs is 1. The Balaban J connectivity index is 2.25. The minimum absolute atomic E-state index is 0.0950. The van der Waals surface area contributed by atoms with Gasteiger partial charge >= 0.3 is 5.97 Å². The second kappa shape index (κ2) is 10.3. The van der Waals surface area contributed by atoms with Crippen LogP contribution in [-0.2, 0) is 16.0 Å². The highest BCUT2D eigenvalue weighted by atomic mass is 28.3. The molecule has 0 aliphatic heterocycles. The molecule has 0 saturated heterocycles. The van der Waals surface area contributed by atoms with Crippen LogP contribution in [0.3, 0.4) is 0 Å². The van der Waals surface area contributed by atoms with Gasteiger partial charge < -0.3 is 9.72 Å². The lowest BCUT2D eigenvalue weighted by molar-refractivity contribution is -0.143. The fourth-order valence-corrected chi connectivity index (χ4v) is 10.2. The highest BCUT2D eigenvalue weighted by molar-refractivity contribution is 6.90. The molecule has 1 heterocycles.